The van der Waals surface area contributed by atoms with E-state index in [1.54, 1.807) is 0 Å². The van der Waals surface area contributed by atoms with Crippen LogP contribution in [0.2, 0.25) is 0 Å². The van der Waals surface area contributed by atoms with Crippen LogP contribution >= 0.6 is 11.6 Å². The Hall–Kier alpha value is -1.91. The molecule has 20 heavy (non-hydrogen) atoms. The van der Waals surface area contributed by atoms with Crippen LogP contribution in [0.1, 0.15) is 0 Å². The lowest BCUT2D eigenvalue weighted by molar-refractivity contribution is 0.211. The molecular formula is C15H16ClN3O. The molecule has 0 saturated heterocycles. The summed E-state index contributed by atoms with van der Waals surface area (Å²) in [5.74, 6) is 0.219. The van der Waals surface area contributed by atoms with Gasteiger partial charge in [0.25, 0.3) is 0 Å². The summed E-state index contributed by atoms with van der Waals surface area (Å²) in [5, 5.41) is 20.7. The van der Waals surface area contributed by atoms with Gasteiger partial charge in [0.2, 0.25) is 0 Å². The molecule has 4 nitrogen and oxygen atoms in total. The first kappa shape index (κ1) is 14.5. The van der Waals surface area contributed by atoms with Gasteiger partial charge in [0.05, 0.1) is 23.4 Å². The Morgan fingerprint density at radius 2 is 1.55 bits per heavy atom. The molecule has 0 saturated carbocycles. The predicted molar refractivity (Wildman–Crippen MR) is 82.3 cm³/mol. The van der Waals surface area contributed by atoms with Crippen LogP contribution < -0.4 is 5.32 Å². The summed E-state index contributed by atoms with van der Waals surface area (Å²) in [7, 11) is 0. The lowest BCUT2D eigenvalue weighted by atomic mass is 10.3. The maximum Gasteiger partial charge on any atom is 0.0858 e. The molecule has 2 rings (SSSR count). The number of anilines is 1. The second kappa shape index (κ2) is 7.62. The number of aliphatic hydroxyl groups is 1. The van der Waals surface area contributed by atoms with Crippen LogP contribution in [0.4, 0.5) is 17.1 Å². The molecule has 0 aliphatic carbocycles. The number of hydrogen-bond donors (Lipinski definition) is 2. The fourth-order valence-corrected chi connectivity index (χ4v) is 1.66. The van der Waals surface area contributed by atoms with Gasteiger partial charge >= 0.3 is 0 Å². The fraction of sp³-hybridized carbons (Fsp3) is 0.200. The lowest BCUT2D eigenvalue weighted by Crippen LogP contribution is -2.20. The lowest BCUT2D eigenvalue weighted by Gasteiger charge is -2.09. The minimum Gasteiger partial charge on any atom is -0.390 e. The summed E-state index contributed by atoms with van der Waals surface area (Å²) in [6.07, 6.45) is -0.547. The molecule has 0 radical (unpaired) electrons. The molecule has 0 fully saturated rings. The number of halogens is 1. The zero-order chi connectivity index (χ0) is 14.2. The second-order valence-electron chi connectivity index (χ2n) is 4.27. The van der Waals surface area contributed by atoms with Gasteiger partial charge in [-0.05, 0) is 36.4 Å². The van der Waals surface area contributed by atoms with E-state index in [9.17, 15) is 5.11 Å². The van der Waals surface area contributed by atoms with Crippen LogP contribution in [0.5, 0.6) is 0 Å². The van der Waals surface area contributed by atoms with Crippen LogP contribution in [0, 0.1) is 0 Å². The van der Waals surface area contributed by atoms with Gasteiger partial charge in [0, 0.05) is 12.2 Å². The van der Waals surface area contributed by atoms with Gasteiger partial charge < -0.3 is 10.4 Å². The summed E-state index contributed by atoms with van der Waals surface area (Å²) < 4.78 is 0. The van der Waals surface area contributed by atoms with Crippen LogP contribution in [0.25, 0.3) is 0 Å². The van der Waals surface area contributed by atoms with Gasteiger partial charge in [0.15, 0.2) is 0 Å². The van der Waals surface area contributed by atoms with Gasteiger partial charge in [0.1, 0.15) is 0 Å². The fourth-order valence-electron chi connectivity index (χ4n) is 1.55. The van der Waals surface area contributed by atoms with E-state index in [4.69, 9.17) is 11.6 Å². The molecule has 2 aromatic rings. The van der Waals surface area contributed by atoms with Crippen molar-refractivity contribution in [2.45, 2.75) is 6.10 Å². The second-order valence-corrected chi connectivity index (χ2v) is 4.58. The smallest absolute Gasteiger partial charge is 0.0858 e. The Balaban J connectivity index is 1.93. The summed E-state index contributed by atoms with van der Waals surface area (Å²) in [5.41, 5.74) is 2.50. The maximum absolute atomic E-state index is 9.36. The van der Waals surface area contributed by atoms with Crippen LogP contribution in [0.3, 0.4) is 0 Å². The highest BCUT2D eigenvalue weighted by atomic mass is 35.5. The minimum absolute atomic E-state index is 0.219. The molecule has 0 heterocycles. The van der Waals surface area contributed by atoms with Crippen LogP contribution in [0.15, 0.2) is 64.8 Å². The Bertz CT molecular complexity index is 543. The Morgan fingerprint density at radius 3 is 2.15 bits per heavy atom. The average Bonchev–Trinajstić information content (AvgIpc) is 2.52. The highest BCUT2D eigenvalue weighted by molar-refractivity contribution is 6.18. The van der Waals surface area contributed by atoms with E-state index in [1.807, 2.05) is 54.6 Å². The van der Waals surface area contributed by atoms with E-state index in [1.165, 1.54) is 0 Å². The van der Waals surface area contributed by atoms with Crippen LogP contribution in [-0.2, 0) is 0 Å². The van der Waals surface area contributed by atoms with E-state index in [-0.39, 0.29) is 5.88 Å². The molecule has 2 aromatic carbocycles. The third kappa shape index (κ3) is 4.64. The molecular weight excluding hydrogens is 274 g/mol. The number of rotatable bonds is 6. The van der Waals surface area contributed by atoms with E-state index in [2.05, 4.69) is 15.5 Å². The number of aliphatic hydroxyl groups excluding tert-OH is 1. The summed E-state index contributed by atoms with van der Waals surface area (Å²) in [4.78, 5) is 0. The van der Waals surface area contributed by atoms with E-state index >= 15 is 0 Å². The van der Waals surface area contributed by atoms with Crippen molar-refractivity contribution in [1.29, 1.82) is 0 Å². The van der Waals surface area contributed by atoms with E-state index in [0.29, 0.717) is 6.54 Å². The summed E-state index contributed by atoms with van der Waals surface area (Å²) in [6.45, 7) is 0.425. The van der Waals surface area contributed by atoms with Gasteiger partial charge in [-0.25, -0.2) is 0 Å². The van der Waals surface area contributed by atoms with Crippen molar-refractivity contribution >= 4 is 28.7 Å². The SMILES string of the molecule is OC(CCl)CNc1ccc(N=Nc2ccccc2)cc1. The Morgan fingerprint density at radius 1 is 0.950 bits per heavy atom. The Labute approximate surface area is 123 Å². The van der Waals surface area contributed by atoms with Crippen LogP contribution in [-0.4, -0.2) is 23.6 Å². The molecule has 1 unspecified atom stereocenters. The number of hydrogen-bond acceptors (Lipinski definition) is 4. The van der Waals surface area contributed by atoms with Crippen molar-refractivity contribution in [3.63, 3.8) is 0 Å². The van der Waals surface area contributed by atoms with Crippen molar-refractivity contribution < 1.29 is 5.11 Å². The third-order valence-electron chi connectivity index (χ3n) is 2.62. The number of nitrogens with zero attached hydrogens (tertiary/aromatic N) is 2. The third-order valence-corrected chi connectivity index (χ3v) is 2.98. The summed E-state index contributed by atoms with van der Waals surface area (Å²) in [6, 6.07) is 17.1. The van der Waals surface area contributed by atoms with Crippen molar-refractivity contribution in [2.24, 2.45) is 10.2 Å². The molecule has 0 bridgehead atoms. The monoisotopic (exact) mass is 289 g/mol. The molecule has 0 aliphatic heterocycles. The standard InChI is InChI=1S/C15H16ClN3O/c16-10-15(20)11-17-12-6-8-14(9-7-12)19-18-13-4-2-1-3-5-13/h1-9,15,17,20H,10-11H2. The first-order chi connectivity index (χ1) is 9.78. The molecule has 5 heteroatoms. The Kier molecular flexibility index (Phi) is 5.53. The molecule has 0 aliphatic rings. The van der Waals surface area contributed by atoms with E-state index < -0.39 is 6.10 Å². The molecule has 1 atom stereocenters. The van der Waals surface area contributed by atoms with Gasteiger partial charge in [-0.15, -0.1) is 11.6 Å². The average molecular weight is 290 g/mol. The van der Waals surface area contributed by atoms with Crippen molar-refractivity contribution in [3.05, 3.63) is 54.6 Å². The molecule has 104 valence electrons. The quantitative estimate of drug-likeness (QED) is 0.621. The largest absolute Gasteiger partial charge is 0.390 e. The number of alkyl halides is 1. The van der Waals surface area contributed by atoms with Crippen molar-refractivity contribution in [2.75, 3.05) is 17.7 Å². The highest BCUT2D eigenvalue weighted by Gasteiger charge is 2.01. The predicted octanol–water partition coefficient (Wildman–Crippen LogP) is 4.11. The van der Waals surface area contributed by atoms with Crippen molar-refractivity contribution in [3.8, 4) is 0 Å². The summed E-state index contributed by atoms with van der Waals surface area (Å²) >= 11 is 5.53. The number of benzene rings is 2. The first-order valence-corrected chi connectivity index (χ1v) is 6.86. The van der Waals surface area contributed by atoms with Gasteiger partial charge in [-0.2, -0.15) is 10.2 Å². The zero-order valence-electron chi connectivity index (χ0n) is 10.9. The van der Waals surface area contributed by atoms with Gasteiger partial charge in [-0.3, -0.25) is 0 Å². The van der Waals surface area contributed by atoms with Gasteiger partial charge in [-0.1, -0.05) is 18.2 Å². The highest BCUT2D eigenvalue weighted by Crippen LogP contribution is 2.19. The molecule has 0 aromatic heterocycles. The van der Waals surface area contributed by atoms with Crippen molar-refractivity contribution in [1.82, 2.24) is 0 Å². The number of nitrogens with one attached hydrogen (secondary N) is 1. The normalized spacial score (nSPS) is 12.5. The maximum atomic E-state index is 9.36. The molecule has 0 spiro atoms. The minimum atomic E-state index is -0.547. The first-order valence-electron chi connectivity index (χ1n) is 6.32. The molecule has 0 amide bonds. The topological polar surface area (TPSA) is 57.0 Å². The molecule has 2 N–H and O–H groups in total. The number of azo groups is 1. The van der Waals surface area contributed by atoms with E-state index in [0.717, 1.165) is 17.1 Å². The zero-order valence-corrected chi connectivity index (χ0v) is 11.7.